The summed E-state index contributed by atoms with van der Waals surface area (Å²) < 4.78 is 244. The van der Waals surface area contributed by atoms with E-state index in [1.807, 2.05) is 0 Å². The molecule has 0 aromatic heterocycles. The van der Waals surface area contributed by atoms with Gasteiger partial charge in [0.25, 0.3) is 0 Å². The van der Waals surface area contributed by atoms with Crippen LogP contribution in [0.1, 0.15) is 20.8 Å². The monoisotopic (exact) mass is 827 g/mol. The minimum atomic E-state index is -2.21. The zero-order chi connectivity index (χ0) is 43.6. The molecule has 0 heterocycles. The molecule has 4 aromatic rings. The Bertz CT molecular complexity index is 1300. The first-order valence-electron chi connectivity index (χ1n) is 14.1. The van der Waals surface area contributed by atoms with Crippen molar-refractivity contribution in [3.05, 3.63) is 116 Å². The molecule has 0 aliphatic carbocycles. The molecule has 0 saturated carbocycles. The fraction of sp³-hybridized carbons (Fsp3) is 0.200. The van der Waals surface area contributed by atoms with Crippen molar-refractivity contribution in [3.8, 4) is 0 Å². The maximum Gasteiger partial charge on any atom is 0.200 e. The fourth-order valence-electron chi connectivity index (χ4n) is 3.24. The molecule has 0 aliphatic rings. The van der Waals surface area contributed by atoms with Gasteiger partial charge in [0.15, 0.2) is 116 Å². The van der Waals surface area contributed by atoms with E-state index >= 15 is 0 Å². The second-order valence-electron chi connectivity index (χ2n) is 9.75. The predicted molar refractivity (Wildman–Crippen MR) is 164 cm³/mol. The Balaban J connectivity index is 0.000000670. The third-order valence-corrected chi connectivity index (χ3v) is 9.48. The molecular weight excluding hydrogens is 812 g/mol. The lowest BCUT2D eigenvalue weighted by atomic mass is 9.94. The molecule has 0 nitrogen and oxygen atoms in total. The minimum absolute atomic E-state index is 0.137. The summed E-state index contributed by atoms with van der Waals surface area (Å²) in [6, 6.07) is 4.37. The molecule has 55 heavy (non-hydrogen) atoms. The van der Waals surface area contributed by atoms with E-state index in [9.17, 15) is 87.8 Å². The lowest BCUT2D eigenvalue weighted by Gasteiger charge is -2.02. The van der Waals surface area contributed by atoms with Gasteiger partial charge < -0.3 is 0 Å². The number of hydrogen-bond acceptors (Lipinski definition) is 0. The Morgan fingerprint density at radius 1 is 0.236 bits per heavy atom. The summed E-state index contributed by atoms with van der Waals surface area (Å²) in [5.41, 5.74) is -5.48. The zero-order valence-corrected chi connectivity index (χ0v) is 28.5. The lowest BCUT2D eigenvalue weighted by molar-refractivity contribution is 0.384. The van der Waals surface area contributed by atoms with Gasteiger partial charge in [0.05, 0.1) is 0 Å². The smallest absolute Gasteiger partial charge is 0.200 e. The van der Waals surface area contributed by atoms with Crippen molar-refractivity contribution < 1.29 is 87.8 Å². The van der Waals surface area contributed by atoms with Crippen LogP contribution in [-0.2, 0) is 0 Å². The largest absolute Gasteiger partial charge is 0.204 e. The molecule has 25 heteroatoms. The van der Waals surface area contributed by atoms with Crippen LogP contribution in [0, 0.1) is 116 Å². The van der Waals surface area contributed by atoms with Crippen molar-refractivity contribution in [1.29, 1.82) is 0 Å². The highest BCUT2D eigenvalue weighted by Gasteiger charge is 2.25. The van der Waals surface area contributed by atoms with Crippen LogP contribution < -0.4 is 21.9 Å². The van der Waals surface area contributed by atoms with E-state index in [4.69, 9.17) is 0 Å². The van der Waals surface area contributed by atoms with Gasteiger partial charge in [-0.15, -0.1) is 0 Å². The predicted octanol–water partition coefficient (Wildman–Crippen LogP) is 7.24. The van der Waals surface area contributed by atoms with Crippen molar-refractivity contribution >= 4 is 62.0 Å². The van der Waals surface area contributed by atoms with Crippen molar-refractivity contribution in [2.75, 3.05) is 0 Å². The van der Waals surface area contributed by atoms with E-state index in [-0.39, 0.29) is 8.80 Å². The lowest BCUT2D eigenvalue weighted by Crippen LogP contribution is -2.20. The van der Waals surface area contributed by atoms with E-state index < -0.39 is 138 Å². The molecule has 0 fully saturated rings. The van der Waals surface area contributed by atoms with Crippen LogP contribution in [0.2, 0.25) is 18.1 Å². The molecule has 4 rings (SSSR count). The van der Waals surface area contributed by atoms with Crippen LogP contribution in [-0.4, -0.2) is 40.2 Å². The van der Waals surface area contributed by atoms with Gasteiger partial charge in [-0.05, 0) is 21.9 Å². The second kappa shape index (κ2) is 21.9. The molecule has 0 saturated heterocycles. The van der Waals surface area contributed by atoms with Crippen LogP contribution >= 0.6 is 0 Å². The molecule has 0 N–H and O–H groups in total. The number of hydrogen-bond donors (Lipinski definition) is 0. The maximum atomic E-state index is 12.3. The Morgan fingerprint density at radius 3 is 0.400 bits per heavy atom. The average Bonchev–Trinajstić information content (AvgIpc) is 3.19. The standard InChI is InChI=1S/4C6BF5.C6H15Si/c4*7-1-2(8)4(10)6(12)5(11)3(1)9;1-4-7(5-2)6-3/h;;;;4-6H2,1-3H3. The maximum absolute atomic E-state index is 12.3. The number of rotatable bonds is 3. The van der Waals surface area contributed by atoms with Crippen LogP contribution in [0.15, 0.2) is 0 Å². The van der Waals surface area contributed by atoms with Gasteiger partial charge in [-0.3, -0.25) is 0 Å². The van der Waals surface area contributed by atoms with Gasteiger partial charge in [0.2, 0.25) is 0 Å². The highest BCUT2D eigenvalue weighted by atomic mass is 28.3. The topological polar surface area (TPSA) is 0 Å². The van der Waals surface area contributed by atoms with Crippen LogP contribution in [0.25, 0.3) is 0 Å². The zero-order valence-electron chi connectivity index (χ0n) is 27.5. The average molecular weight is 827 g/mol. The Morgan fingerprint density at radius 2 is 0.327 bits per heavy atom. The van der Waals surface area contributed by atoms with Gasteiger partial charge in [-0.2, -0.15) is 0 Å². The van der Waals surface area contributed by atoms with Crippen molar-refractivity contribution in [2.45, 2.75) is 38.9 Å². The highest BCUT2D eigenvalue weighted by molar-refractivity contribution is 6.58. The molecule has 0 spiro atoms. The van der Waals surface area contributed by atoms with E-state index in [0.717, 1.165) is 0 Å². The minimum Gasteiger partial charge on any atom is -0.204 e. The summed E-state index contributed by atoms with van der Waals surface area (Å²) in [5.74, 6) is -41.2. The third kappa shape index (κ3) is 12.0. The van der Waals surface area contributed by atoms with Crippen LogP contribution in [0.3, 0.4) is 0 Å². The van der Waals surface area contributed by atoms with E-state index in [1.54, 1.807) is 0 Å². The third-order valence-electron chi connectivity index (χ3n) is 6.48. The van der Waals surface area contributed by atoms with E-state index in [1.165, 1.54) is 18.1 Å². The normalized spacial score (nSPS) is 10.4. The van der Waals surface area contributed by atoms with Crippen LogP contribution in [0.5, 0.6) is 0 Å². The SMILES string of the molecule is CC[Si](CC)CC.[B]c1c(F)c(F)c(F)c(F)c1F.[B]c1c(F)c(F)c(F)c(F)c1F.[B]c1c(F)c(F)c(F)c(F)c1F.[B]c1c(F)c(F)c(F)c(F)c1F. The Kier molecular flexibility index (Phi) is 20.3. The second-order valence-corrected chi connectivity index (χ2v) is 13.4. The molecule has 4 aromatic carbocycles. The molecule has 0 atom stereocenters. The summed E-state index contributed by atoms with van der Waals surface area (Å²) in [7, 11) is 18.4. The first-order chi connectivity index (χ1) is 25.2. The Hall–Kier alpha value is -4.04. The van der Waals surface area contributed by atoms with Crippen molar-refractivity contribution in [3.63, 3.8) is 0 Å². The Labute approximate surface area is 305 Å². The quantitative estimate of drug-likeness (QED) is 0.0886. The van der Waals surface area contributed by atoms with Gasteiger partial charge in [-0.1, -0.05) is 38.9 Å². The highest BCUT2D eigenvalue weighted by Crippen LogP contribution is 2.18. The van der Waals surface area contributed by atoms with Crippen molar-refractivity contribution in [1.82, 2.24) is 0 Å². The fourth-order valence-corrected chi connectivity index (χ4v) is 4.74. The summed E-state index contributed by atoms with van der Waals surface area (Å²) in [5, 5.41) is 0. The molecule has 0 bridgehead atoms. The number of benzene rings is 4. The van der Waals surface area contributed by atoms with Crippen molar-refractivity contribution in [2.24, 2.45) is 0 Å². The molecule has 9 radical (unpaired) electrons. The summed E-state index contributed by atoms with van der Waals surface area (Å²) in [4.78, 5) is 0. The van der Waals surface area contributed by atoms with Gasteiger partial charge in [-0.25, -0.2) is 87.8 Å². The summed E-state index contributed by atoms with van der Waals surface area (Å²) in [6.07, 6.45) is 0. The first-order valence-corrected chi connectivity index (χ1v) is 16.2. The van der Waals surface area contributed by atoms with E-state index in [0.29, 0.717) is 0 Å². The van der Waals surface area contributed by atoms with Crippen LogP contribution in [0.4, 0.5) is 87.8 Å². The summed E-state index contributed by atoms with van der Waals surface area (Å²) in [6.45, 7) is 6.92. The molecule has 0 unspecified atom stereocenters. The number of halogens is 20. The molecule has 0 amide bonds. The molecule has 291 valence electrons. The summed E-state index contributed by atoms with van der Waals surface area (Å²) >= 11 is 0. The first kappa shape index (κ1) is 51.0. The van der Waals surface area contributed by atoms with Gasteiger partial charge in [0.1, 0.15) is 31.4 Å². The van der Waals surface area contributed by atoms with Gasteiger partial charge >= 0.3 is 0 Å². The molecule has 0 aliphatic heterocycles. The van der Waals surface area contributed by atoms with Gasteiger partial charge in [0, 0.05) is 8.80 Å². The molecular formula is C30H15B4F20Si. The van der Waals surface area contributed by atoms with E-state index in [2.05, 4.69) is 52.2 Å².